The Bertz CT molecular complexity index is 861. The van der Waals surface area contributed by atoms with E-state index in [1.165, 1.54) is 24.8 Å². The second-order valence-electron chi connectivity index (χ2n) is 6.38. The van der Waals surface area contributed by atoms with Gasteiger partial charge >= 0.3 is 11.7 Å². The van der Waals surface area contributed by atoms with E-state index < -0.39 is 16.8 Å². The number of nitro groups is 1. The van der Waals surface area contributed by atoms with Crippen LogP contribution in [0, 0.1) is 10.1 Å². The van der Waals surface area contributed by atoms with Crippen LogP contribution < -0.4 is 10.1 Å². The molecule has 0 aromatic heterocycles. The van der Waals surface area contributed by atoms with Gasteiger partial charge in [-0.15, -0.1) is 0 Å². The topological polar surface area (TPSA) is 108 Å². The zero-order valence-corrected chi connectivity index (χ0v) is 15.9. The molecule has 0 fully saturated rings. The first kappa shape index (κ1) is 20.9. The summed E-state index contributed by atoms with van der Waals surface area (Å²) in [6, 6.07) is 11.5. The van der Waals surface area contributed by atoms with E-state index in [1.807, 2.05) is 24.3 Å². The predicted molar refractivity (Wildman–Crippen MR) is 102 cm³/mol. The molecule has 0 saturated carbocycles. The minimum Gasteiger partial charge on any atom is -0.490 e. The van der Waals surface area contributed by atoms with Gasteiger partial charge in [-0.3, -0.25) is 19.7 Å². The Morgan fingerprint density at radius 2 is 1.82 bits per heavy atom. The largest absolute Gasteiger partial charge is 0.490 e. The molecule has 0 aliphatic heterocycles. The van der Waals surface area contributed by atoms with E-state index in [1.54, 1.807) is 0 Å². The van der Waals surface area contributed by atoms with Crippen molar-refractivity contribution in [3.63, 3.8) is 0 Å². The number of amides is 1. The van der Waals surface area contributed by atoms with E-state index in [2.05, 4.69) is 19.2 Å². The van der Waals surface area contributed by atoms with Crippen LogP contribution in [0.5, 0.6) is 5.75 Å². The Hall–Kier alpha value is -3.42. The highest BCUT2D eigenvalue weighted by molar-refractivity contribution is 5.96. The monoisotopic (exact) mass is 386 g/mol. The standard InChI is InChI=1S/C20H22N2O6/c1-13(2)15-6-4-14(5-7-15)12-28-19(23)11-21-20(24)16-8-9-18(27-3)17(10-16)22(25)26/h4-10,13H,11-12H2,1-3H3,(H,21,24). The average Bonchev–Trinajstić information content (AvgIpc) is 2.70. The highest BCUT2D eigenvalue weighted by atomic mass is 16.6. The van der Waals surface area contributed by atoms with Crippen LogP contribution in [0.25, 0.3) is 0 Å². The van der Waals surface area contributed by atoms with E-state index in [9.17, 15) is 19.7 Å². The molecule has 0 atom stereocenters. The molecule has 0 aliphatic carbocycles. The predicted octanol–water partition coefficient (Wildman–Crippen LogP) is 3.20. The van der Waals surface area contributed by atoms with E-state index in [0.717, 1.165) is 11.6 Å². The minimum atomic E-state index is -0.644. The van der Waals surface area contributed by atoms with Crippen LogP contribution in [-0.4, -0.2) is 30.5 Å². The lowest BCUT2D eigenvalue weighted by molar-refractivity contribution is -0.385. The van der Waals surface area contributed by atoms with Crippen LogP contribution in [0.2, 0.25) is 0 Å². The summed E-state index contributed by atoms with van der Waals surface area (Å²) in [5, 5.41) is 13.4. The molecule has 8 nitrogen and oxygen atoms in total. The van der Waals surface area contributed by atoms with Gasteiger partial charge in [-0.1, -0.05) is 38.1 Å². The zero-order chi connectivity index (χ0) is 20.7. The molecule has 0 heterocycles. The summed E-state index contributed by atoms with van der Waals surface area (Å²) in [6.45, 7) is 3.94. The second-order valence-corrected chi connectivity index (χ2v) is 6.38. The lowest BCUT2D eigenvalue weighted by atomic mass is 10.0. The fourth-order valence-electron chi connectivity index (χ4n) is 2.44. The summed E-state index contributed by atoms with van der Waals surface area (Å²) in [6.07, 6.45) is 0. The second kappa shape index (κ2) is 9.50. The summed E-state index contributed by atoms with van der Waals surface area (Å²) in [4.78, 5) is 34.3. The average molecular weight is 386 g/mol. The first-order valence-corrected chi connectivity index (χ1v) is 8.67. The van der Waals surface area contributed by atoms with Crippen LogP contribution in [-0.2, 0) is 16.1 Å². The van der Waals surface area contributed by atoms with Crippen LogP contribution in [0.1, 0.15) is 41.3 Å². The molecule has 28 heavy (non-hydrogen) atoms. The number of ether oxygens (including phenoxy) is 2. The molecule has 2 aromatic carbocycles. The SMILES string of the molecule is COc1ccc(C(=O)NCC(=O)OCc2ccc(C(C)C)cc2)cc1[N+](=O)[O-]. The lowest BCUT2D eigenvalue weighted by Gasteiger charge is -2.09. The van der Waals surface area contributed by atoms with Crippen molar-refractivity contribution in [1.29, 1.82) is 0 Å². The molecule has 0 bridgehead atoms. The van der Waals surface area contributed by atoms with Gasteiger partial charge < -0.3 is 14.8 Å². The van der Waals surface area contributed by atoms with Gasteiger partial charge in [0.15, 0.2) is 5.75 Å². The number of carbonyl (C=O) groups is 2. The molecule has 0 unspecified atom stereocenters. The fraction of sp³-hybridized carbons (Fsp3) is 0.300. The van der Waals surface area contributed by atoms with Crippen LogP contribution in [0.15, 0.2) is 42.5 Å². The molecule has 0 saturated heterocycles. The third-order valence-corrected chi connectivity index (χ3v) is 4.08. The van der Waals surface area contributed by atoms with Crippen LogP contribution in [0.4, 0.5) is 5.69 Å². The van der Waals surface area contributed by atoms with Crippen LogP contribution >= 0.6 is 0 Å². The van der Waals surface area contributed by atoms with Crippen molar-refractivity contribution in [3.8, 4) is 5.75 Å². The van der Waals surface area contributed by atoms with Gasteiger partial charge in [-0.2, -0.15) is 0 Å². The van der Waals surface area contributed by atoms with E-state index in [4.69, 9.17) is 9.47 Å². The molecule has 2 rings (SSSR count). The summed E-state index contributed by atoms with van der Waals surface area (Å²) in [7, 11) is 1.30. The molecule has 148 valence electrons. The number of esters is 1. The normalized spacial score (nSPS) is 10.4. The first-order valence-electron chi connectivity index (χ1n) is 8.67. The Labute approximate surface area is 162 Å². The number of hydrogen-bond acceptors (Lipinski definition) is 6. The van der Waals surface area contributed by atoms with Crippen molar-refractivity contribution in [3.05, 3.63) is 69.3 Å². The Kier molecular flexibility index (Phi) is 7.08. The quantitative estimate of drug-likeness (QED) is 0.424. The van der Waals surface area contributed by atoms with Gasteiger partial charge in [0.1, 0.15) is 13.2 Å². The van der Waals surface area contributed by atoms with E-state index >= 15 is 0 Å². The number of nitrogens with zero attached hydrogens (tertiary/aromatic N) is 1. The number of methoxy groups -OCH3 is 1. The number of hydrogen-bond donors (Lipinski definition) is 1. The number of rotatable bonds is 8. The minimum absolute atomic E-state index is 0.0458. The maximum atomic E-state index is 12.1. The maximum absolute atomic E-state index is 12.1. The third-order valence-electron chi connectivity index (χ3n) is 4.08. The first-order chi connectivity index (χ1) is 13.3. The van der Waals surface area contributed by atoms with Crippen molar-refractivity contribution in [2.75, 3.05) is 13.7 Å². The summed E-state index contributed by atoms with van der Waals surface area (Å²) in [5.74, 6) is -0.765. The van der Waals surface area contributed by atoms with Gasteiger partial charge in [0.25, 0.3) is 5.91 Å². The number of benzene rings is 2. The molecule has 0 spiro atoms. The van der Waals surface area contributed by atoms with Crippen LogP contribution in [0.3, 0.4) is 0 Å². The van der Waals surface area contributed by atoms with Gasteiger partial charge in [0, 0.05) is 11.6 Å². The van der Waals surface area contributed by atoms with Crippen molar-refractivity contribution in [2.24, 2.45) is 0 Å². The molecular weight excluding hydrogens is 364 g/mol. The Balaban J connectivity index is 1.87. The molecule has 1 amide bonds. The van der Waals surface area contributed by atoms with Gasteiger partial charge in [0.2, 0.25) is 0 Å². The fourth-order valence-corrected chi connectivity index (χ4v) is 2.44. The number of carbonyl (C=O) groups excluding carboxylic acids is 2. The van der Waals surface area contributed by atoms with Crippen molar-refractivity contribution >= 4 is 17.6 Å². The van der Waals surface area contributed by atoms with E-state index in [-0.39, 0.29) is 30.2 Å². The van der Waals surface area contributed by atoms with Gasteiger partial charge in [-0.25, -0.2) is 0 Å². The zero-order valence-electron chi connectivity index (χ0n) is 15.9. The Morgan fingerprint density at radius 1 is 1.14 bits per heavy atom. The summed E-state index contributed by atoms with van der Waals surface area (Å²) < 4.78 is 10.0. The molecule has 0 radical (unpaired) electrons. The molecule has 2 aromatic rings. The molecular formula is C20H22N2O6. The van der Waals surface area contributed by atoms with E-state index in [0.29, 0.717) is 5.92 Å². The van der Waals surface area contributed by atoms with Gasteiger partial charge in [0.05, 0.1) is 12.0 Å². The van der Waals surface area contributed by atoms with Crippen molar-refractivity contribution in [1.82, 2.24) is 5.32 Å². The maximum Gasteiger partial charge on any atom is 0.325 e. The number of nitro benzene ring substituents is 1. The highest BCUT2D eigenvalue weighted by Gasteiger charge is 2.18. The third kappa shape index (κ3) is 5.54. The Morgan fingerprint density at radius 3 is 2.39 bits per heavy atom. The van der Waals surface area contributed by atoms with Crippen molar-refractivity contribution < 1.29 is 24.0 Å². The highest BCUT2D eigenvalue weighted by Crippen LogP contribution is 2.27. The molecule has 8 heteroatoms. The lowest BCUT2D eigenvalue weighted by Crippen LogP contribution is -2.30. The molecule has 1 N–H and O–H groups in total. The smallest absolute Gasteiger partial charge is 0.325 e. The number of nitrogens with one attached hydrogen (secondary N) is 1. The summed E-state index contributed by atoms with van der Waals surface area (Å²) in [5.41, 5.74) is 1.75. The molecule has 0 aliphatic rings. The van der Waals surface area contributed by atoms with Crippen molar-refractivity contribution in [2.45, 2.75) is 26.4 Å². The summed E-state index contributed by atoms with van der Waals surface area (Å²) >= 11 is 0. The van der Waals surface area contributed by atoms with Gasteiger partial charge in [-0.05, 0) is 29.2 Å².